The topological polar surface area (TPSA) is 328 Å². The Balaban J connectivity index is 0.000000155. The Kier molecular flexibility index (Phi) is 30.9. The maximum absolute atomic E-state index is 11.5. The summed E-state index contributed by atoms with van der Waals surface area (Å²) >= 11 is 0. The SMILES string of the molecule is CC(=O)Oc1ccc(C2=Cc3c(cc(OC(C)=O)cc3OC(C)=O)OC2)cc1.CC(=O)Oc1ccc(C2=Cc3ccc(OC(C)=O)c(C)c3OC2)cc1.CC(=O)Oc1cccc(C2=Cc3ccc(OC(C)=O)c(C)c3OC2)c1.COc1cc(C2=Cc3ccc(OC(C)=O)c(C)c3OC2)ccc1OC(C)=O.COc1ccc(C2=Cc3ccc(OC(C)=O)c(C)c3OC2)cc1. The van der Waals surface area contributed by atoms with Gasteiger partial charge in [0.25, 0.3) is 0 Å². The fraction of sp³-hybridized carbons (Fsp3) is 0.208. The first-order valence-electron chi connectivity index (χ1n) is 40.0. The van der Waals surface area contributed by atoms with Crippen LogP contribution in [0.3, 0.4) is 0 Å². The van der Waals surface area contributed by atoms with E-state index in [-0.39, 0.29) is 53.9 Å². The first kappa shape index (κ1) is 92.9. The molecule has 10 aromatic rings. The number of carbonyl (C=O) groups excluding carboxylic acids is 10. The van der Waals surface area contributed by atoms with Crippen molar-refractivity contribution in [3.05, 3.63) is 254 Å². The summed E-state index contributed by atoms with van der Waals surface area (Å²) in [4.78, 5) is 112. The molecule has 27 nitrogen and oxygen atoms in total. The van der Waals surface area contributed by atoms with Crippen molar-refractivity contribution < 1.29 is 128 Å². The molecule has 658 valence electrons. The normalized spacial score (nSPS) is 12.5. The van der Waals surface area contributed by atoms with E-state index < -0.39 is 23.9 Å². The van der Waals surface area contributed by atoms with Gasteiger partial charge in [0.15, 0.2) is 11.5 Å². The van der Waals surface area contributed by atoms with E-state index in [9.17, 15) is 47.9 Å². The highest BCUT2D eigenvalue weighted by Gasteiger charge is 2.27. The van der Waals surface area contributed by atoms with Gasteiger partial charge < -0.3 is 80.5 Å². The van der Waals surface area contributed by atoms with E-state index in [1.165, 1.54) is 82.4 Å². The van der Waals surface area contributed by atoms with E-state index in [0.29, 0.717) is 101 Å². The first-order valence-corrected chi connectivity index (χ1v) is 40.0. The highest BCUT2D eigenvalue weighted by Crippen LogP contribution is 2.45. The molecule has 5 heterocycles. The molecule has 0 aliphatic carbocycles. The van der Waals surface area contributed by atoms with Crippen LogP contribution in [0.1, 0.15) is 147 Å². The van der Waals surface area contributed by atoms with Crippen LogP contribution in [0.25, 0.3) is 58.2 Å². The Morgan fingerprint density at radius 1 is 0.234 bits per heavy atom. The van der Waals surface area contributed by atoms with Gasteiger partial charge in [-0.2, -0.15) is 0 Å². The highest BCUT2D eigenvalue weighted by atomic mass is 16.6. The summed E-state index contributed by atoms with van der Waals surface area (Å²) in [5.74, 6) is 5.02. The zero-order valence-corrected chi connectivity index (χ0v) is 73.2. The summed E-state index contributed by atoms with van der Waals surface area (Å²) in [6.45, 7) is 22.8. The summed E-state index contributed by atoms with van der Waals surface area (Å²) < 4.78 is 91.4. The van der Waals surface area contributed by atoms with Gasteiger partial charge in [-0.05, 0) is 223 Å². The average Bonchev–Trinajstić information content (AvgIpc) is 0.803. The molecule has 5 aliphatic heterocycles. The Bertz CT molecular complexity index is 6160. The van der Waals surface area contributed by atoms with Crippen LogP contribution < -0.4 is 80.5 Å². The Morgan fingerprint density at radius 2 is 0.523 bits per heavy atom. The zero-order valence-electron chi connectivity index (χ0n) is 73.2. The molecular formula is C101H92O27. The quantitative estimate of drug-likeness (QED) is 0.0603. The van der Waals surface area contributed by atoms with Crippen molar-refractivity contribution in [2.24, 2.45) is 0 Å². The van der Waals surface area contributed by atoms with Crippen LogP contribution in [0, 0.1) is 27.7 Å². The molecular weight excluding hydrogens is 1650 g/mol. The second-order valence-corrected chi connectivity index (χ2v) is 29.2. The van der Waals surface area contributed by atoms with E-state index in [0.717, 1.165) is 117 Å². The van der Waals surface area contributed by atoms with Gasteiger partial charge in [-0.1, -0.05) is 54.6 Å². The molecule has 0 saturated carbocycles. The van der Waals surface area contributed by atoms with E-state index >= 15 is 0 Å². The lowest BCUT2D eigenvalue weighted by Crippen LogP contribution is -2.11. The predicted molar refractivity (Wildman–Crippen MR) is 476 cm³/mol. The van der Waals surface area contributed by atoms with Crippen molar-refractivity contribution in [1.29, 1.82) is 0 Å². The number of hydrogen-bond acceptors (Lipinski definition) is 27. The number of hydrogen-bond donors (Lipinski definition) is 0. The lowest BCUT2D eigenvalue weighted by Gasteiger charge is -2.22. The second-order valence-electron chi connectivity index (χ2n) is 29.2. The summed E-state index contributed by atoms with van der Waals surface area (Å²) in [5.41, 5.74) is 17.1. The third-order valence-corrected chi connectivity index (χ3v) is 19.4. The highest BCUT2D eigenvalue weighted by molar-refractivity contribution is 5.93. The minimum Gasteiger partial charge on any atom is -0.497 e. The fourth-order valence-electron chi connectivity index (χ4n) is 13.7. The molecule has 0 spiro atoms. The summed E-state index contributed by atoms with van der Waals surface area (Å²) in [6.07, 6.45) is 10.0. The van der Waals surface area contributed by atoms with Crippen LogP contribution in [-0.2, 0) is 47.9 Å². The van der Waals surface area contributed by atoms with Crippen LogP contribution in [0.4, 0.5) is 0 Å². The van der Waals surface area contributed by atoms with Crippen molar-refractivity contribution >= 4 is 118 Å². The van der Waals surface area contributed by atoms with Crippen molar-refractivity contribution in [3.8, 4) is 97.7 Å². The van der Waals surface area contributed by atoms with Gasteiger partial charge in [0.1, 0.15) is 119 Å². The molecule has 0 bridgehead atoms. The van der Waals surface area contributed by atoms with E-state index in [1.807, 2.05) is 137 Å². The van der Waals surface area contributed by atoms with Crippen molar-refractivity contribution in [3.63, 3.8) is 0 Å². The molecule has 0 N–H and O–H groups in total. The molecule has 0 saturated heterocycles. The van der Waals surface area contributed by atoms with Gasteiger partial charge in [-0.15, -0.1) is 0 Å². The molecule has 0 fully saturated rings. The monoisotopic (exact) mass is 1740 g/mol. The maximum Gasteiger partial charge on any atom is 0.308 e. The van der Waals surface area contributed by atoms with Crippen LogP contribution in [0.15, 0.2) is 176 Å². The molecule has 15 rings (SSSR count). The van der Waals surface area contributed by atoms with Gasteiger partial charge >= 0.3 is 59.7 Å². The first-order chi connectivity index (χ1) is 61.1. The molecule has 0 atom stereocenters. The van der Waals surface area contributed by atoms with Crippen molar-refractivity contribution in [1.82, 2.24) is 0 Å². The van der Waals surface area contributed by atoms with E-state index in [1.54, 1.807) is 92.0 Å². The van der Waals surface area contributed by atoms with Gasteiger partial charge in [-0.25, -0.2) is 0 Å². The van der Waals surface area contributed by atoms with Crippen LogP contribution in [0.2, 0.25) is 0 Å². The van der Waals surface area contributed by atoms with Gasteiger partial charge in [0.2, 0.25) is 0 Å². The zero-order chi connectivity index (χ0) is 92.2. The number of methoxy groups -OCH3 is 2. The van der Waals surface area contributed by atoms with Crippen molar-refractivity contribution in [2.75, 3.05) is 47.3 Å². The number of ether oxygens (including phenoxy) is 17. The summed E-state index contributed by atoms with van der Waals surface area (Å²) in [6, 6.07) is 52.4. The maximum atomic E-state index is 11.5. The number of benzene rings is 10. The molecule has 0 radical (unpaired) electrons. The smallest absolute Gasteiger partial charge is 0.308 e. The number of fused-ring (bicyclic) bond motifs is 5. The van der Waals surface area contributed by atoms with E-state index in [2.05, 4.69) is 6.08 Å². The van der Waals surface area contributed by atoms with Crippen molar-refractivity contribution in [2.45, 2.75) is 96.9 Å². The summed E-state index contributed by atoms with van der Waals surface area (Å²) in [7, 11) is 3.17. The molecule has 5 aliphatic rings. The Hall–Kier alpha value is -15.8. The molecule has 0 amide bonds. The molecule has 10 aromatic carbocycles. The molecule has 27 heteroatoms. The standard InChI is InChI=1S/C21H18O7.C21H20O6.2C20H18O5.C19H18O4/c1-12(22)26-17-6-4-15(5-7-17)16-8-19-20(25-11-16)9-18(27-13(2)23)10-21(19)28-14(3)24;1-12-18(26-13(2)22)7-6-16-9-17(11-25-21(12)16)15-5-8-19(27-14(3)23)20(10-15)24-4;1-12-19(25-14(3)22)9-6-16-10-17(11-23-20(12)16)15-4-7-18(8-5-15)24-13(2)21;1-12-19(25-14(3)22)8-7-16-9-17(11-23-20(12)16)15-5-4-6-18(10-15)24-13(2)21;1-12-18(23-13(2)20)9-6-15-10-16(11-22-19(12)15)14-4-7-17(21-3)8-5-14/h4-10H,11H2,1-3H3;5-10H,11H2,1-4H3;2*4-10H,11H2,1-3H3;4-10H,11H2,1-3H3. The average molecular weight is 1740 g/mol. The van der Waals surface area contributed by atoms with E-state index in [4.69, 9.17) is 80.5 Å². The van der Waals surface area contributed by atoms with Gasteiger partial charge in [-0.3, -0.25) is 47.9 Å². The minimum absolute atomic E-state index is 0.227. The fourth-order valence-corrected chi connectivity index (χ4v) is 13.7. The molecule has 0 aromatic heterocycles. The summed E-state index contributed by atoms with van der Waals surface area (Å²) in [5, 5.41) is 0. The van der Waals surface area contributed by atoms with Crippen LogP contribution >= 0.6 is 0 Å². The van der Waals surface area contributed by atoms with Gasteiger partial charge in [0, 0.05) is 126 Å². The van der Waals surface area contributed by atoms with Crippen LogP contribution in [-0.4, -0.2) is 107 Å². The Morgan fingerprint density at radius 3 is 0.875 bits per heavy atom. The lowest BCUT2D eigenvalue weighted by molar-refractivity contribution is -0.133. The van der Waals surface area contributed by atoms with Crippen LogP contribution in [0.5, 0.6) is 97.7 Å². The second kappa shape index (κ2) is 42.5. The number of rotatable bonds is 17. The van der Waals surface area contributed by atoms with Gasteiger partial charge in [0.05, 0.1) is 19.8 Å². The number of esters is 10. The Labute approximate surface area is 738 Å². The third-order valence-electron chi connectivity index (χ3n) is 19.4. The number of carbonyl (C=O) groups is 10. The molecule has 0 unspecified atom stereocenters. The molecule has 128 heavy (non-hydrogen) atoms. The third kappa shape index (κ3) is 24.8. The largest absolute Gasteiger partial charge is 0.497 e. The predicted octanol–water partition coefficient (Wildman–Crippen LogP) is 18.6. The lowest BCUT2D eigenvalue weighted by atomic mass is 9.98. The minimum atomic E-state index is -0.506.